The van der Waals surface area contributed by atoms with Gasteiger partial charge in [-0.3, -0.25) is 4.79 Å². The van der Waals surface area contributed by atoms with Crippen molar-refractivity contribution in [1.82, 2.24) is 5.32 Å². The van der Waals surface area contributed by atoms with Crippen LogP contribution in [0.15, 0.2) is 18.2 Å². The second kappa shape index (κ2) is 5.41. The number of rotatable bonds is 4. The lowest BCUT2D eigenvalue weighted by Crippen LogP contribution is -2.26. The van der Waals surface area contributed by atoms with Crippen molar-refractivity contribution in [3.8, 4) is 0 Å². The highest BCUT2D eigenvalue weighted by Crippen LogP contribution is 2.07. The molecule has 1 rings (SSSR count). The number of benzene rings is 1. The summed E-state index contributed by atoms with van der Waals surface area (Å²) in [6.07, 6.45) is 0.629. The van der Waals surface area contributed by atoms with E-state index in [2.05, 4.69) is 5.32 Å². The Bertz CT molecular complexity index is 335. The maximum absolute atomic E-state index is 12.7. The molecular weight excluding hydrogens is 202 g/mol. The minimum atomic E-state index is -0.765. The molecular formula is C10H12F2N2O. The number of halogens is 2. The van der Waals surface area contributed by atoms with Crippen molar-refractivity contribution in [2.24, 2.45) is 5.73 Å². The number of carbonyl (C=O) groups excluding carboxylic acids is 1. The molecule has 0 aliphatic heterocycles. The van der Waals surface area contributed by atoms with Gasteiger partial charge in [-0.15, -0.1) is 0 Å². The van der Waals surface area contributed by atoms with Gasteiger partial charge in [-0.2, -0.15) is 0 Å². The van der Waals surface area contributed by atoms with Crippen molar-refractivity contribution >= 4 is 5.91 Å². The van der Waals surface area contributed by atoms with E-state index in [0.717, 1.165) is 18.2 Å². The largest absolute Gasteiger partial charge is 0.352 e. The molecule has 0 radical (unpaired) electrons. The van der Waals surface area contributed by atoms with Crippen LogP contribution in [0.25, 0.3) is 0 Å². The number of hydrogen-bond acceptors (Lipinski definition) is 2. The second-order valence-corrected chi connectivity index (χ2v) is 3.06. The molecule has 0 saturated heterocycles. The van der Waals surface area contributed by atoms with Gasteiger partial charge in [-0.05, 0) is 25.1 Å². The minimum absolute atomic E-state index is 0.0236. The molecule has 0 saturated carbocycles. The van der Waals surface area contributed by atoms with Crippen molar-refractivity contribution < 1.29 is 13.6 Å². The van der Waals surface area contributed by atoms with Crippen LogP contribution in [0, 0.1) is 11.6 Å². The van der Waals surface area contributed by atoms with E-state index in [0.29, 0.717) is 19.5 Å². The lowest BCUT2D eigenvalue weighted by atomic mass is 10.2. The molecule has 1 aromatic carbocycles. The number of amides is 1. The van der Waals surface area contributed by atoms with Gasteiger partial charge in [0.05, 0.1) is 0 Å². The van der Waals surface area contributed by atoms with Gasteiger partial charge in [0.2, 0.25) is 0 Å². The molecule has 0 atom stereocenters. The summed E-state index contributed by atoms with van der Waals surface area (Å²) in [5.41, 5.74) is 5.21. The van der Waals surface area contributed by atoms with Crippen molar-refractivity contribution in [3.63, 3.8) is 0 Å². The summed E-state index contributed by atoms with van der Waals surface area (Å²) < 4.78 is 25.5. The van der Waals surface area contributed by atoms with Gasteiger partial charge < -0.3 is 11.1 Å². The smallest absolute Gasteiger partial charge is 0.251 e. The van der Waals surface area contributed by atoms with Crippen LogP contribution in [0.4, 0.5) is 8.78 Å². The van der Waals surface area contributed by atoms with Gasteiger partial charge in [-0.25, -0.2) is 8.78 Å². The maximum atomic E-state index is 12.7. The topological polar surface area (TPSA) is 55.1 Å². The van der Waals surface area contributed by atoms with E-state index < -0.39 is 17.5 Å². The van der Waals surface area contributed by atoms with Crippen LogP contribution in [0.2, 0.25) is 0 Å². The molecule has 0 aliphatic carbocycles. The Kier molecular flexibility index (Phi) is 4.17. The Balaban J connectivity index is 2.65. The van der Waals surface area contributed by atoms with E-state index in [1.54, 1.807) is 0 Å². The van der Waals surface area contributed by atoms with Gasteiger partial charge in [0, 0.05) is 18.2 Å². The molecule has 82 valence electrons. The van der Waals surface area contributed by atoms with Gasteiger partial charge >= 0.3 is 0 Å². The molecule has 3 nitrogen and oxygen atoms in total. The fourth-order valence-electron chi connectivity index (χ4n) is 1.09. The monoisotopic (exact) mass is 214 g/mol. The van der Waals surface area contributed by atoms with Crippen LogP contribution < -0.4 is 11.1 Å². The first kappa shape index (κ1) is 11.6. The molecule has 3 N–H and O–H groups in total. The van der Waals surface area contributed by atoms with Crippen molar-refractivity contribution in [2.45, 2.75) is 6.42 Å². The third kappa shape index (κ3) is 3.63. The molecule has 1 aromatic rings. The Morgan fingerprint density at radius 1 is 1.27 bits per heavy atom. The first-order valence-electron chi connectivity index (χ1n) is 4.58. The number of nitrogens with one attached hydrogen (secondary N) is 1. The van der Waals surface area contributed by atoms with E-state index in [9.17, 15) is 13.6 Å². The summed E-state index contributed by atoms with van der Waals surface area (Å²) in [5.74, 6) is -2.03. The van der Waals surface area contributed by atoms with E-state index >= 15 is 0 Å². The van der Waals surface area contributed by atoms with Crippen LogP contribution in [-0.2, 0) is 0 Å². The molecule has 0 aromatic heterocycles. The van der Waals surface area contributed by atoms with Crippen molar-refractivity contribution in [1.29, 1.82) is 0 Å². The molecule has 0 spiro atoms. The summed E-state index contributed by atoms with van der Waals surface area (Å²) in [6, 6.07) is 2.69. The molecule has 0 unspecified atom stereocenters. The molecule has 0 bridgehead atoms. The molecule has 0 aliphatic rings. The summed E-state index contributed by atoms with van der Waals surface area (Å²) >= 11 is 0. The van der Waals surface area contributed by atoms with E-state index in [-0.39, 0.29) is 5.56 Å². The number of carbonyl (C=O) groups is 1. The lowest BCUT2D eigenvalue weighted by molar-refractivity contribution is 0.0952. The first-order valence-corrected chi connectivity index (χ1v) is 4.58. The van der Waals surface area contributed by atoms with E-state index in [1.807, 2.05) is 0 Å². The van der Waals surface area contributed by atoms with Crippen LogP contribution in [0.3, 0.4) is 0 Å². The van der Waals surface area contributed by atoms with E-state index in [4.69, 9.17) is 5.73 Å². The van der Waals surface area contributed by atoms with Gasteiger partial charge in [-0.1, -0.05) is 0 Å². The standard InChI is InChI=1S/C10H12F2N2O/c11-8-4-7(5-9(12)6-8)10(15)14-3-1-2-13/h4-6H,1-3,13H2,(H,14,15). The average molecular weight is 214 g/mol. The molecule has 1 amide bonds. The Morgan fingerprint density at radius 3 is 2.40 bits per heavy atom. The highest BCUT2D eigenvalue weighted by atomic mass is 19.1. The van der Waals surface area contributed by atoms with Crippen LogP contribution >= 0.6 is 0 Å². The zero-order chi connectivity index (χ0) is 11.3. The predicted molar refractivity (Wildman–Crippen MR) is 52.4 cm³/mol. The molecule has 0 fully saturated rings. The quantitative estimate of drug-likeness (QED) is 0.736. The zero-order valence-corrected chi connectivity index (χ0v) is 8.09. The normalized spacial score (nSPS) is 10.1. The zero-order valence-electron chi connectivity index (χ0n) is 8.09. The summed E-state index contributed by atoms with van der Waals surface area (Å²) in [4.78, 5) is 11.3. The molecule has 15 heavy (non-hydrogen) atoms. The highest BCUT2D eigenvalue weighted by molar-refractivity contribution is 5.94. The average Bonchev–Trinajstić information content (AvgIpc) is 2.16. The fraction of sp³-hybridized carbons (Fsp3) is 0.300. The highest BCUT2D eigenvalue weighted by Gasteiger charge is 2.07. The van der Waals surface area contributed by atoms with Crippen LogP contribution in [0.1, 0.15) is 16.8 Å². The maximum Gasteiger partial charge on any atom is 0.251 e. The van der Waals surface area contributed by atoms with Crippen LogP contribution in [0.5, 0.6) is 0 Å². The third-order valence-electron chi connectivity index (χ3n) is 1.79. The van der Waals surface area contributed by atoms with E-state index in [1.165, 1.54) is 0 Å². The SMILES string of the molecule is NCCCNC(=O)c1cc(F)cc(F)c1. The summed E-state index contributed by atoms with van der Waals surface area (Å²) in [7, 11) is 0. The summed E-state index contributed by atoms with van der Waals surface area (Å²) in [5, 5.41) is 2.50. The summed E-state index contributed by atoms with van der Waals surface area (Å²) in [6.45, 7) is 0.852. The Labute approximate surface area is 86.3 Å². The van der Waals surface area contributed by atoms with Crippen molar-refractivity contribution in [2.75, 3.05) is 13.1 Å². The van der Waals surface area contributed by atoms with Crippen molar-refractivity contribution in [3.05, 3.63) is 35.4 Å². The molecule has 5 heteroatoms. The second-order valence-electron chi connectivity index (χ2n) is 3.06. The Hall–Kier alpha value is -1.49. The van der Waals surface area contributed by atoms with Gasteiger partial charge in [0.1, 0.15) is 11.6 Å². The third-order valence-corrected chi connectivity index (χ3v) is 1.79. The Morgan fingerprint density at radius 2 is 1.87 bits per heavy atom. The first-order chi connectivity index (χ1) is 7.13. The minimum Gasteiger partial charge on any atom is -0.352 e. The molecule has 0 heterocycles. The lowest BCUT2D eigenvalue weighted by Gasteiger charge is -2.04. The fourth-order valence-corrected chi connectivity index (χ4v) is 1.09. The van der Waals surface area contributed by atoms with Crippen LogP contribution in [-0.4, -0.2) is 19.0 Å². The predicted octanol–water partition coefficient (Wildman–Crippen LogP) is 1.04. The number of hydrogen-bond donors (Lipinski definition) is 2. The van der Waals surface area contributed by atoms with Gasteiger partial charge in [0.15, 0.2) is 0 Å². The van der Waals surface area contributed by atoms with Gasteiger partial charge in [0.25, 0.3) is 5.91 Å². The number of nitrogens with two attached hydrogens (primary N) is 1.